The summed E-state index contributed by atoms with van der Waals surface area (Å²) in [4.78, 5) is 28.5. The van der Waals surface area contributed by atoms with Gasteiger partial charge in [0.1, 0.15) is 0 Å². The van der Waals surface area contributed by atoms with Crippen LogP contribution < -0.4 is 5.32 Å². The quantitative estimate of drug-likeness (QED) is 0.420. The zero-order chi connectivity index (χ0) is 13.3. The summed E-state index contributed by atoms with van der Waals surface area (Å²) in [5, 5.41) is 3.00. The Morgan fingerprint density at radius 2 is 1.94 bits per heavy atom. The molecule has 17 heavy (non-hydrogen) atoms. The highest BCUT2D eigenvalue weighted by Gasteiger charge is 2.13. The maximum Gasteiger partial charge on any atom is 0.327 e. The summed E-state index contributed by atoms with van der Waals surface area (Å²) in [7, 11) is -0.494. The van der Waals surface area contributed by atoms with Gasteiger partial charge in [-0.2, -0.15) is 0 Å². The van der Waals surface area contributed by atoms with E-state index in [-0.39, 0.29) is 30.8 Å². The molecule has 0 rings (SSSR count). The molecule has 0 aromatic carbocycles. The summed E-state index contributed by atoms with van der Waals surface area (Å²) in [6.45, 7) is 5.10. The van der Waals surface area contributed by atoms with Crippen LogP contribution in [-0.2, 0) is 14.1 Å². The van der Waals surface area contributed by atoms with Crippen LogP contribution in [0.25, 0.3) is 0 Å². The zero-order valence-electron chi connectivity index (χ0n) is 10.5. The first-order valence-corrected chi connectivity index (χ1v) is 6.73. The molecule has 3 N–H and O–H groups in total. The first kappa shape index (κ1) is 16.7. The van der Waals surface area contributed by atoms with Gasteiger partial charge in [-0.05, 0) is 13.0 Å². The summed E-state index contributed by atoms with van der Waals surface area (Å²) < 4.78 is 9.71. The first-order chi connectivity index (χ1) is 7.95. The molecule has 7 heteroatoms. The monoisotopic (exact) mass is 267 g/mol. The van der Waals surface area contributed by atoms with E-state index in [2.05, 4.69) is 9.84 Å². The number of hydrogen-bond donors (Lipinski definition) is 3. The minimum Gasteiger partial charge on any atom is -0.465 e. The average molecular weight is 267 g/mol. The van der Waals surface area contributed by atoms with Crippen LogP contribution in [0.15, 0.2) is 0 Å². The lowest BCUT2D eigenvalue weighted by Gasteiger charge is -2.14. The standard InChI is InChI=1S/C10H22NO5P/c1-8(7-16-17(13)14)4-10(12)15-6-9(2)5-11-3/h8-9,11,13-14H,4-7H2,1-3H3. The predicted molar refractivity (Wildman–Crippen MR) is 65.1 cm³/mol. The van der Waals surface area contributed by atoms with Crippen molar-refractivity contribution < 1.29 is 23.8 Å². The normalized spacial score (nSPS) is 14.7. The molecule has 0 saturated carbocycles. The van der Waals surface area contributed by atoms with E-state index in [0.29, 0.717) is 6.61 Å². The van der Waals surface area contributed by atoms with E-state index >= 15 is 0 Å². The molecule has 0 saturated heterocycles. The second-order valence-corrected chi connectivity index (χ2v) is 4.97. The van der Waals surface area contributed by atoms with Crippen LogP contribution in [0, 0.1) is 11.8 Å². The Balaban J connectivity index is 3.63. The molecule has 0 aliphatic rings. The van der Waals surface area contributed by atoms with Gasteiger partial charge in [0, 0.05) is 12.5 Å². The third-order valence-corrected chi connectivity index (χ3v) is 2.45. The van der Waals surface area contributed by atoms with Crippen molar-refractivity contribution >= 4 is 14.6 Å². The van der Waals surface area contributed by atoms with Crippen LogP contribution in [0.3, 0.4) is 0 Å². The minimum atomic E-state index is -2.34. The number of rotatable bonds is 9. The van der Waals surface area contributed by atoms with Gasteiger partial charge in [0.25, 0.3) is 0 Å². The van der Waals surface area contributed by atoms with Crippen molar-refractivity contribution in [1.82, 2.24) is 5.32 Å². The lowest BCUT2D eigenvalue weighted by atomic mass is 10.1. The molecular weight excluding hydrogens is 245 g/mol. The van der Waals surface area contributed by atoms with E-state index in [1.165, 1.54) is 0 Å². The summed E-state index contributed by atoms with van der Waals surface area (Å²) >= 11 is 0. The summed E-state index contributed by atoms with van der Waals surface area (Å²) in [6, 6.07) is 0. The minimum absolute atomic E-state index is 0.0913. The summed E-state index contributed by atoms with van der Waals surface area (Å²) in [6.07, 6.45) is 0.218. The van der Waals surface area contributed by atoms with Crippen LogP contribution in [0.5, 0.6) is 0 Å². The molecule has 2 unspecified atom stereocenters. The van der Waals surface area contributed by atoms with Gasteiger partial charge in [-0.1, -0.05) is 13.8 Å². The Morgan fingerprint density at radius 1 is 1.29 bits per heavy atom. The van der Waals surface area contributed by atoms with E-state index in [4.69, 9.17) is 14.5 Å². The van der Waals surface area contributed by atoms with Crippen LogP contribution in [0.4, 0.5) is 0 Å². The van der Waals surface area contributed by atoms with Gasteiger partial charge >= 0.3 is 14.6 Å². The van der Waals surface area contributed by atoms with Crippen molar-refractivity contribution in [2.45, 2.75) is 20.3 Å². The molecule has 0 aliphatic carbocycles. The number of ether oxygens (including phenoxy) is 1. The van der Waals surface area contributed by atoms with E-state index < -0.39 is 8.60 Å². The summed E-state index contributed by atoms with van der Waals surface area (Å²) in [5.41, 5.74) is 0. The zero-order valence-corrected chi connectivity index (χ0v) is 11.4. The van der Waals surface area contributed by atoms with Crippen LogP contribution in [-0.4, -0.2) is 42.6 Å². The molecule has 6 nitrogen and oxygen atoms in total. The van der Waals surface area contributed by atoms with E-state index in [0.717, 1.165) is 6.54 Å². The highest BCUT2D eigenvalue weighted by atomic mass is 31.2. The second kappa shape index (κ2) is 9.74. The molecule has 0 amide bonds. The fourth-order valence-corrected chi connectivity index (χ4v) is 1.63. The van der Waals surface area contributed by atoms with Crippen molar-refractivity contribution in [2.75, 3.05) is 26.8 Å². The Labute approximate surface area is 103 Å². The maximum absolute atomic E-state index is 11.4. The Hall–Kier alpha value is -0.260. The number of esters is 1. The van der Waals surface area contributed by atoms with Gasteiger partial charge in [-0.25, -0.2) is 0 Å². The number of hydrogen-bond acceptors (Lipinski definition) is 6. The van der Waals surface area contributed by atoms with Crippen molar-refractivity contribution in [3.05, 3.63) is 0 Å². The van der Waals surface area contributed by atoms with E-state index in [1.807, 2.05) is 14.0 Å². The SMILES string of the molecule is CNCC(C)COC(=O)CC(C)COP(O)O. The third kappa shape index (κ3) is 10.6. The average Bonchev–Trinajstić information content (AvgIpc) is 2.24. The largest absolute Gasteiger partial charge is 0.465 e. The third-order valence-electron chi connectivity index (χ3n) is 2.07. The van der Waals surface area contributed by atoms with Crippen molar-refractivity contribution in [2.24, 2.45) is 11.8 Å². The smallest absolute Gasteiger partial charge is 0.327 e. The molecule has 0 aromatic heterocycles. The van der Waals surface area contributed by atoms with Gasteiger partial charge in [-0.15, -0.1) is 0 Å². The van der Waals surface area contributed by atoms with Crippen LogP contribution in [0.1, 0.15) is 20.3 Å². The highest BCUT2D eigenvalue weighted by molar-refractivity contribution is 7.39. The van der Waals surface area contributed by atoms with Gasteiger partial charge in [0.05, 0.1) is 19.6 Å². The predicted octanol–water partition coefficient (Wildman–Crippen LogP) is 0.639. The lowest BCUT2D eigenvalue weighted by molar-refractivity contribution is -0.146. The molecule has 0 aliphatic heterocycles. The molecular formula is C10H22NO5P. The van der Waals surface area contributed by atoms with Crippen molar-refractivity contribution in [3.8, 4) is 0 Å². The van der Waals surface area contributed by atoms with E-state index in [9.17, 15) is 4.79 Å². The fourth-order valence-electron chi connectivity index (χ4n) is 1.24. The van der Waals surface area contributed by atoms with Crippen molar-refractivity contribution in [1.29, 1.82) is 0 Å². The lowest BCUT2D eigenvalue weighted by Crippen LogP contribution is -2.23. The van der Waals surface area contributed by atoms with E-state index in [1.54, 1.807) is 6.92 Å². The topological polar surface area (TPSA) is 88.0 Å². The Morgan fingerprint density at radius 3 is 2.47 bits per heavy atom. The fraction of sp³-hybridized carbons (Fsp3) is 0.900. The number of carbonyl (C=O) groups is 1. The number of nitrogens with one attached hydrogen (secondary N) is 1. The summed E-state index contributed by atoms with van der Waals surface area (Å²) in [5.74, 6) is -0.103. The Bertz CT molecular complexity index is 215. The maximum atomic E-state index is 11.4. The molecule has 102 valence electrons. The number of carbonyl (C=O) groups excluding carboxylic acids is 1. The van der Waals surface area contributed by atoms with Crippen LogP contribution >= 0.6 is 8.60 Å². The molecule has 0 spiro atoms. The second-order valence-electron chi connectivity index (χ2n) is 4.20. The van der Waals surface area contributed by atoms with Crippen molar-refractivity contribution in [3.63, 3.8) is 0 Å². The molecule has 0 bridgehead atoms. The van der Waals surface area contributed by atoms with Gasteiger partial charge < -0.3 is 24.4 Å². The Kier molecular flexibility index (Phi) is 9.59. The molecule has 0 fully saturated rings. The molecule has 0 heterocycles. The van der Waals surface area contributed by atoms with Gasteiger partial charge in [-0.3, -0.25) is 4.79 Å². The van der Waals surface area contributed by atoms with Crippen LogP contribution in [0.2, 0.25) is 0 Å². The molecule has 2 atom stereocenters. The molecule has 0 aromatic rings. The highest BCUT2D eigenvalue weighted by Crippen LogP contribution is 2.25. The van der Waals surface area contributed by atoms with Gasteiger partial charge in [0.2, 0.25) is 0 Å². The van der Waals surface area contributed by atoms with Gasteiger partial charge in [0.15, 0.2) is 0 Å². The first-order valence-electron chi connectivity index (χ1n) is 5.56. The molecule has 0 radical (unpaired) electrons.